The van der Waals surface area contributed by atoms with Gasteiger partial charge in [-0.3, -0.25) is 0 Å². The number of anilines is 1. The summed E-state index contributed by atoms with van der Waals surface area (Å²) in [4.78, 5) is 16.9. The monoisotopic (exact) mass is 289 g/mol. The molecule has 2 aromatic heterocycles. The van der Waals surface area contributed by atoms with Crippen LogP contribution in [0.5, 0.6) is 5.88 Å². The number of piperazine rings is 1. The second kappa shape index (κ2) is 5.42. The topological polar surface area (TPSA) is 85.6 Å². The van der Waals surface area contributed by atoms with E-state index < -0.39 is 0 Å². The van der Waals surface area contributed by atoms with E-state index >= 15 is 0 Å². The maximum absolute atomic E-state index is 9.98. The number of likely N-dealkylation sites (N-methyl/N-ethyl adjacent to an activating group) is 1. The molecule has 3 rings (SSSR count). The third-order valence-corrected chi connectivity index (χ3v) is 3.85. The number of aryl methyl sites for hydroxylation is 1. The highest BCUT2D eigenvalue weighted by molar-refractivity contribution is 5.84. The third kappa shape index (κ3) is 2.62. The minimum atomic E-state index is -0.0316. The summed E-state index contributed by atoms with van der Waals surface area (Å²) in [5, 5.41) is 20.1. The molecule has 0 amide bonds. The fourth-order valence-electron chi connectivity index (χ4n) is 2.74. The zero-order valence-electron chi connectivity index (χ0n) is 12.2. The number of aromatic hydroxyl groups is 1. The molecule has 21 heavy (non-hydrogen) atoms. The maximum atomic E-state index is 9.98. The van der Waals surface area contributed by atoms with Crippen molar-refractivity contribution in [1.82, 2.24) is 19.9 Å². The van der Waals surface area contributed by atoms with Crippen LogP contribution in [0.2, 0.25) is 0 Å². The number of rotatable bonds is 2. The second-order valence-electron chi connectivity index (χ2n) is 5.45. The molecule has 0 radical (unpaired) electrons. The molecule has 1 unspecified atom stereocenters. The lowest BCUT2D eigenvalue weighted by Gasteiger charge is -2.39. The van der Waals surface area contributed by atoms with Gasteiger partial charge in [0.25, 0.3) is 0 Å². The SMILES string of the molecule is Cc1nc(O)c2cc(N3CCN(C)CC3CO)ncc2n1. The van der Waals surface area contributed by atoms with Gasteiger partial charge in [0.2, 0.25) is 5.88 Å². The lowest BCUT2D eigenvalue weighted by atomic mass is 10.1. The van der Waals surface area contributed by atoms with Crippen molar-refractivity contribution in [1.29, 1.82) is 0 Å². The minimum absolute atomic E-state index is 0.00205. The molecule has 7 heteroatoms. The van der Waals surface area contributed by atoms with E-state index in [-0.39, 0.29) is 18.5 Å². The molecule has 1 aliphatic rings. The summed E-state index contributed by atoms with van der Waals surface area (Å²) in [5.41, 5.74) is 0.624. The molecular weight excluding hydrogens is 270 g/mol. The number of aliphatic hydroxyl groups is 1. The van der Waals surface area contributed by atoms with Crippen molar-refractivity contribution in [3.63, 3.8) is 0 Å². The van der Waals surface area contributed by atoms with Crippen LogP contribution in [0.1, 0.15) is 5.82 Å². The molecule has 1 saturated heterocycles. The Labute approximate surface area is 122 Å². The lowest BCUT2D eigenvalue weighted by Crippen LogP contribution is -2.53. The van der Waals surface area contributed by atoms with Crippen LogP contribution in [-0.2, 0) is 0 Å². The normalized spacial score (nSPS) is 20.1. The van der Waals surface area contributed by atoms with Gasteiger partial charge in [0.15, 0.2) is 0 Å². The van der Waals surface area contributed by atoms with Gasteiger partial charge < -0.3 is 20.0 Å². The number of aromatic nitrogens is 3. The van der Waals surface area contributed by atoms with Crippen LogP contribution in [0, 0.1) is 6.92 Å². The molecule has 0 bridgehead atoms. The van der Waals surface area contributed by atoms with Crippen molar-refractivity contribution in [3.05, 3.63) is 18.1 Å². The highest BCUT2D eigenvalue weighted by Crippen LogP contribution is 2.26. The Kier molecular flexibility index (Phi) is 3.60. The fraction of sp³-hybridized carbons (Fsp3) is 0.500. The molecule has 0 aromatic carbocycles. The first-order chi connectivity index (χ1) is 10.1. The lowest BCUT2D eigenvalue weighted by molar-refractivity contribution is 0.190. The molecule has 0 aliphatic carbocycles. The standard InChI is InChI=1S/C14H19N5O2/c1-9-16-12-6-15-13(5-11(12)14(21)17-9)19-4-3-18(2)7-10(19)8-20/h5-6,10,20H,3-4,7-8H2,1-2H3,(H,16,17,21). The molecule has 1 fully saturated rings. The zero-order valence-corrected chi connectivity index (χ0v) is 12.2. The first-order valence-electron chi connectivity index (χ1n) is 6.98. The summed E-state index contributed by atoms with van der Waals surface area (Å²) in [7, 11) is 2.04. The van der Waals surface area contributed by atoms with Crippen LogP contribution in [0.25, 0.3) is 10.9 Å². The van der Waals surface area contributed by atoms with E-state index in [1.54, 1.807) is 19.2 Å². The van der Waals surface area contributed by atoms with Gasteiger partial charge in [-0.25, -0.2) is 9.97 Å². The van der Waals surface area contributed by atoms with E-state index in [4.69, 9.17) is 0 Å². The highest BCUT2D eigenvalue weighted by Gasteiger charge is 2.26. The van der Waals surface area contributed by atoms with Gasteiger partial charge in [-0.2, -0.15) is 4.98 Å². The largest absolute Gasteiger partial charge is 0.493 e. The second-order valence-corrected chi connectivity index (χ2v) is 5.45. The summed E-state index contributed by atoms with van der Waals surface area (Å²) < 4.78 is 0. The van der Waals surface area contributed by atoms with Crippen molar-refractivity contribution in [2.45, 2.75) is 13.0 Å². The smallest absolute Gasteiger partial charge is 0.222 e. The quantitative estimate of drug-likeness (QED) is 0.814. The van der Waals surface area contributed by atoms with Gasteiger partial charge in [-0.1, -0.05) is 0 Å². The van der Waals surface area contributed by atoms with Gasteiger partial charge in [0, 0.05) is 19.6 Å². The van der Waals surface area contributed by atoms with Crippen molar-refractivity contribution in [3.8, 4) is 5.88 Å². The van der Waals surface area contributed by atoms with Gasteiger partial charge in [0.1, 0.15) is 11.6 Å². The van der Waals surface area contributed by atoms with Crippen molar-refractivity contribution >= 4 is 16.7 Å². The van der Waals surface area contributed by atoms with E-state index in [1.807, 2.05) is 7.05 Å². The van der Waals surface area contributed by atoms with Crippen LogP contribution in [-0.4, -0.2) is 69.4 Å². The Bertz CT molecular complexity index is 663. The van der Waals surface area contributed by atoms with Crippen molar-refractivity contribution < 1.29 is 10.2 Å². The molecule has 1 aliphatic heterocycles. The van der Waals surface area contributed by atoms with E-state index in [0.717, 1.165) is 25.5 Å². The minimum Gasteiger partial charge on any atom is -0.493 e. The van der Waals surface area contributed by atoms with E-state index in [2.05, 4.69) is 24.8 Å². The van der Waals surface area contributed by atoms with E-state index in [9.17, 15) is 10.2 Å². The molecule has 2 aromatic rings. The van der Waals surface area contributed by atoms with Gasteiger partial charge in [0.05, 0.1) is 29.7 Å². The first-order valence-corrected chi connectivity index (χ1v) is 6.98. The molecule has 112 valence electrons. The third-order valence-electron chi connectivity index (χ3n) is 3.85. The molecule has 0 saturated carbocycles. The molecular formula is C14H19N5O2. The zero-order chi connectivity index (χ0) is 15.0. The number of hydrogen-bond donors (Lipinski definition) is 2. The van der Waals surface area contributed by atoms with Gasteiger partial charge in [-0.15, -0.1) is 0 Å². The number of hydrogen-bond acceptors (Lipinski definition) is 7. The maximum Gasteiger partial charge on any atom is 0.222 e. The summed E-state index contributed by atoms with van der Waals surface area (Å²) in [5.74, 6) is 1.22. The highest BCUT2D eigenvalue weighted by atomic mass is 16.3. The number of fused-ring (bicyclic) bond motifs is 1. The van der Waals surface area contributed by atoms with Crippen molar-refractivity contribution in [2.75, 3.05) is 38.2 Å². The molecule has 7 nitrogen and oxygen atoms in total. The average molecular weight is 289 g/mol. The van der Waals surface area contributed by atoms with Crippen LogP contribution in [0.15, 0.2) is 12.3 Å². The molecule has 0 spiro atoms. The summed E-state index contributed by atoms with van der Waals surface area (Å²) in [6, 6.07) is 1.79. The fourth-order valence-corrected chi connectivity index (χ4v) is 2.74. The average Bonchev–Trinajstić information content (AvgIpc) is 2.47. The number of nitrogens with zero attached hydrogens (tertiary/aromatic N) is 5. The number of pyridine rings is 1. The predicted molar refractivity (Wildman–Crippen MR) is 79.5 cm³/mol. The Morgan fingerprint density at radius 2 is 2.14 bits per heavy atom. The Hall–Kier alpha value is -1.99. The van der Waals surface area contributed by atoms with Crippen molar-refractivity contribution in [2.24, 2.45) is 0 Å². The molecule has 3 heterocycles. The molecule has 1 atom stereocenters. The van der Waals surface area contributed by atoms with Gasteiger partial charge in [-0.05, 0) is 20.0 Å². The van der Waals surface area contributed by atoms with Crippen LogP contribution in [0.3, 0.4) is 0 Å². The molecule has 2 N–H and O–H groups in total. The van der Waals surface area contributed by atoms with E-state index in [1.165, 1.54) is 0 Å². The van der Waals surface area contributed by atoms with Crippen LogP contribution in [0.4, 0.5) is 5.82 Å². The Morgan fingerprint density at radius 1 is 1.33 bits per heavy atom. The first kappa shape index (κ1) is 14.0. The summed E-state index contributed by atoms with van der Waals surface area (Å²) in [6.45, 7) is 4.28. The van der Waals surface area contributed by atoms with Crippen LogP contribution >= 0.6 is 0 Å². The summed E-state index contributed by atoms with van der Waals surface area (Å²) in [6.07, 6.45) is 1.64. The Balaban J connectivity index is 2.00. The van der Waals surface area contributed by atoms with Crippen LogP contribution < -0.4 is 4.90 Å². The Morgan fingerprint density at radius 3 is 2.90 bits per heavy atom. The van der Waals surface area contributed by atoms with Gasteiger partial charge >= 0.3 is 0 Å². The number of aliphatic hydroxyl groups excluding tert-OH is 1. The van der Waals surface area contributed by atoms with E-state index in [0.29, 0.717) is 16.7 Å². The summed E-state index contributed by atoms with van der Waals surface area (Å²) >= 11 is 0. The predicted octanol–water partition coefficient (Wildman–Crippen LogP) is 0.152.